The maximum atomic E-state index is 11.8. The van der Waals surface area contributed by atoms with Crippen LogP contribution in [0.15, 0.2) is 27.1 Å². The highest BCUT2D eigenvalue weighted by Gasteiger charge is 2.11. The van der Waals surface area contributed by atoms with Gasteiger partial charge >= 0.3 is 0 Å². The molecule has 0 aromatic heterocycles. The first-order valence-electron chi connectivity index (χ1n) is 5.04. The first-order valence-corrected chi connectivity index (χ1v) is 6.63. The van der Waals surface area contributed by atoms with Crippen LogP contribution < -0.4 is 10.6 Å². The van der Waals surface area contributed by atoms with E-state index >= 15 is 0 Å². The number of halogens is 2. The maximum absolute atomic E-state index is 11.8. The molecule has 92 valence electrons. The molecule has 0 bridgehead atoms. The highest BCUT2D eigenvalue weighted by Crippen LogP contribution is 2.21. The van der Waals surface area contributed by atoms with Gasteiger partial charge in [0.25, 0.3) is 5.91 Å². The predicted octanol–water partition coefficient (Wildman–Crippen LogP) is 2.08. The standard InChI is InChI=1S/C11H12Br2N2O2/c1-2-14-10(16)6-15-11(17)8-5-7(12)3-4-9(8)13/h3-5H,2,6H2,1H3,(H,14,16)(H,15,17). The molecule has 0 saturated carbocycles. The van der Waals surface area contributed by atoms with Crippen molar-refractivity contribution in [1.82, 2.24) is 10.6 Å². The van der Waals surface area contributed by atoms with E-state index in [4.69, 9.17) is 0 Å². The summed E-state index contributed by atoms with van der Waals surface area (Å²) in [7, 11) is 0. The van der Waals surface area contributed by atoms with Crippen LogP contribution in [0.3, 0.4) is 0 Å². The summed E-state index contributed by atoms with van der Waals surface area (Å²) in [5.41, 5.74) is 0.490. The summed E-state index contributed by atoms with van der Waals surface area (Å²) in [6.45, 7) is 2.35. The van der Waals surface area contributed by atoms with Crippen molar-refractivity contribution in [2.75, 3.05) is 13.1 Å². The minimum absolute atomic E-state index is 0.0222. The Kier molecular flexibility index (Phi) is 5.64. The van der Waals surface area contributed by atoms with E-state index < -0.39 is 0 Å². The van der Waals surface area contributed by atoms with Gasteiger partial charge in [-0.25, -0.2) is 0 Å². The zero-order valence-electron chi connectivity index (χ0n) is 9.22. The molecule has 4 nitrogen and oxygen atoms in total. The van der Waals surface area contributed by atoms with Gasteiger partial charge < -0.3 is 10.6 Å². The van der Waals surface area contributed by atoms with Gasteiger partial charge in [-0.05, 0) is 41.1 Å². The van der Waals surface area contributed by atoms with Crippen LogP contribution in [0.2, 0.25) is 0 Å². The molecule has 2 N–H and O–H groups in total. The highest BCUT2D eigenvalue weighted by atomic mass is 79.9. The minimum Gasteiger partial charge on any atom is -0.355 e. The lowest BCUT2D eigenvalue weighted by atomic mass is 10.2. The molecule has 2 amide bonds. The van der Waals surface area contributed by atoms with E-state index in [1.807, 2.05) is 13.0 Å². The second kappa shape index (κ2) is 6.76. The Hall–Kier alpha value is -0.880. The Morgan fingerprint density at radius 2 is 1.94 bits per heavy atom. The van der Waals surface area contributed by atoms with Gasteiger partial charge in [-0.2, -0.15) is 0 Å². The summed E-state index contributed by atoms with van der Waals surface area (Å²) in [5.74, 6) is -0.489. The van der Waals surface area contributed by atoms with Crippen molar-refractivity contribution < 1.29 is 9.59 Å². The lowest BCUT2D eigenvalue weighted by Crippen LogP contribution is -2.36. The van der Waals surface area contributed by atoms with Crippen LogP contribution in [0.4, 0.5) is 0 Å². The van der Waals surface area contributed by atoms with Crippen molar-refractivity contribution >= 4 is 43.7 Å². The number of hydrogen-bond acceptors (Lipinski definition) is 2. The lowest BCUT2D eigenvalue weighted by Gasteiger charge is -2.07. The Morgan fingerprint density at radius 3 is 2.59 bits per heavy atom. The van der Waals surface area contributed by atoms with E-state index in [9.17, 15) is 9.59 Å². The normalized spacial score (nSPS) is 9.82. The largest absolute Gasteiger partial charge is 0.355 e. The number of hydrogen-bond donors (Lipinski definition) is 2. The molecule has 0 aliphatic heterocycles. The van der Waals surface area contributed by atoms with Crippen LogP contribution in [0.5, 0.6) is 0 Å². The molecule has 6 heteroatoms. The van der Waals surface area contributed by atoms with Crippen LogP contribution >= 0.6 is 31.9 Å². The van der Waals surface area contributed by atoms with Gasteiger partial charge in [0.2, 0.25) is 5.91 Å². The summed E-state index contributed by atoms with van der Waals surface area (Å²) in [6.07, 6.45) is 0. The molecular weight excluding hydrogens is 352 g/mol. The molecule has 0 spiro atoms. The van der Waals surface area contributed by atoms with Crippen molar-refractivity contribution in [2.45, 2.75) is 6.92 Å². The maximum Gasteiger partial charge on any atom is 0.252 e. The SMILES string of the molecule is CCNC(=O)CNC(=O)c1cc(Br)ccc1Br. The molecule has 1 aromatic rings. The molecule has 1 aromatic carbocycles. The van der Waals surface area contributed by atoms with Crippen LogP contribution in [-0.2, 0) is 4.79 Å². The average molecular weight is 364 g/mol. The molecule has 0 radical (unpaired) electrons. The number of carbonyl (C=O) groups excluding carboxylic acids is 2. The van der Waals surface area contributed by atoms with Crippen LogP contribution in [-0.4, -0.2) is 24.9 Å². The highest BCUT2D eigenvalue weighted by molar-refractivity contribution is 9.11. The Bertz CT molecular complexity index is 435. The third-order valence-corrected chi connectivity index (χ3v) is 3.14. The van der Waals surface area contributed by atoms with Crippen molar-refractivity contribution in [3.8, 4) is 0 Å². The lowest BCUT2D eigenvalue weighted by molar-refractivity contribution is -0.120. The molecule has 0 aliphatic rings. The second-order valence-electron chi connectivity index (χ2n) is 3.26. The summed E-state index contributed by atoms with van der Waals surface area (Å²) >= 11 is 6.58. The Labute approximate surface area is 116 Å². The molecule has 1 rings (SSSR count). The third kappa shape index (κ3) is 4.47. The fourth-order valence-electron chi connectivity index (χ4n) is 1.19. The monoisotopic (exact) mass is 362 g/mol. The fraction of sp³-hybridized carbons (Fsp3) is 0.273. The number of nitrogens with one attached hydrogen (secondary N) is 2. The number of amides is 2. The topological polar surface area (TPSA) is 58.2 Å². The van der Waals surface area contributed by atoms with Gasteiger partial charge in [0.1, 0.15) is 0 Å². The zero-order chi connectivity index (χ0) is 12.8. The molecule has 0 atom stereocenters. The van der Waals surface area contributed by atoms with Gasteiger partial charge in [-0.1, -0.05) is 15.9 Å². The van der Waals surface area contributed by atoms with Gasteiger partial charge in [-0.3, -0.25) is 9.59 Å². The van der Waals surface area contributed by atoms with Gasteiger partial charge in [0.15, 0.2) is 0 Å². The van der Waals surface area contributed by atoms with E-state index in [1.165, 1.54) is 0 Å². The van der Waals surface area contributed by atoms with Crippen molar-refractivity contribution in [2.24, 2.45) is 0 Å². The number of benzene rings is 1. The summed E-state index contributed by atoms with van der Waals surface area (Å²) < 4.78 is 1.50. The van der Waals surface area contributed by atoms with E-state index in [0.29, 0.717) is 16.6 Å². The summed E-state index contributed by atoms with van der Waals surface area (Å²) in [5, 5.41) is 5.15. The molecule has 0 heterocycles. The summed E-state index contributed by atoms with van der Waals surface area (Å²) in [4.78, 5) is 23.0. The molecule has 0 fully saturated rings. The number of likely N-dealkylation sites (N-methyl/N-ethyl adjacent to an activating group) is 1. The van der Waals surface area contributed by atoms with Gasteiger partial charge in [-0.15, -0.1) is 0 Å². The van der Waals surface area contributed by atoms with Crippen molar-refractivity contribution in [3.05, 3.63) is 32.7 Å². The van der Waals surface area contributed by atoms with E-state index in [-0.39, 0.29) is 18.4 Å². The van der Waals surface area contributed by atoms with Gasteiger partial charge in [0, 0.05) is 15.5 Å². The summed E-state index contributed by atoms with van der Waals surface area (Å²) in [6, 6.07) is 5.28. The van der Waals surface area contributed by atoms with E-state index in [2.05, 4.69) is 42.5 Å². The quantitative estimate of drug-likeness (QED) is 0.860. The van der Waals surface area contributed by atoms with Crippen LogP contribution in [0.25, 0.3) is 0 Å². The van der Waals surface area contributed by atoms with Crippen LogP contribution in [0, 0.1) is 0 Å². The number of carbonyl (C=O) groups is 2. The molecular formula is C11H12Br2N2O2. The van der Waals surface area contributed by atoms with Crippen molar-refractivity contribution in [1.29, 1.82) is 0 Å². The smallest absolute Gasteiger partial charge is 0.252 e. The molecule has 0 aliphatic carbocycles. The zero-order valence-corrected chi connectivity index (χ0v) is 12.4. The van der Waals surface area contributed by atoms with Crippen LogP contribution in [0.1, 0.15) is 17.3 Å². The fourth-order valence-corrected chi connectivity index (χ4v) is 1.97. The molecule has 17 heavy (non-hydrogen) atoms. The predicted molar refractivity (Wildman–Crippen MR) is 72.9 cm³/mol. The molecule has 0 saturated heterocycles. The second-order valence-corrected chi connectivity index (χ2v) is 5.03. The third-order valence-electron chi connectivity index (χ3n) is 1.96. The van der Waals surface area contributed by atoms with E-state index in [1.54, 1.807) is 12.1 Å². The number of rotatable bonds is 4. The first kappa shape index (κ1) is 14.2. The van der Waals surface area contributed by atoms with E-state index in [0.717, 1.165) is 4.47 Å². The first-order chi connectivity index (χ1) is 8.04. The van der Waals surface area contributed by atoms with Crippen molar-refractivity contribution in [3.63, 3.8) is 0 Å². The Morgan fingerprint density at radius 1 is 1.24 bits per heavy atom. The average Bonchev–Trinajstić information content (AvgIpc) is 2.29. The Balaban J connectivity index is 2.64. The van der Waals surface area contributed by atoms with Gasteiger partial charge in [0.05, 0.1) is 12.1 Å². The molecule has 0 unspecified atom stereocenters. The minimum atomic E-state index is -0.288.